The van der Waals surface area contributed by atoms with Crippen LogP contribution in [-0.4, -0.2) is 14.9 Å². The molecular formula is C13H21BrN2O. The second-order valence-electron chi connectivity index (χ2n) is 4.94. The number of aryl methyl sites for hydroxylation is 1. The second kappa shape index (κ2) is 6.01. The van der Waals surface area contributed by atoms with E-state index in [0.717, 1.165) is 36.0 Å². The molecule has 1 fully saturated rings. The van der Waals surface area contributed by atoms with Crippen molar-refractivity contribution in [2.45, 2.75) is 58.1 Å². The lowest BCUT2D eigenvalue weighted by molar-refractivity contribution is 0.0760. The molecule has 1 heterocycles. The van der Waals surface area contributed by atoms with Gasteiger partial charge in [-0.3, -0.25) is 4.68 Å². The molecule has 1 aromatic rings. The Morgan fingerprint density at radius 3 is 2.82 bits per heavy atom. The molecule has 0 aromatic carbocycles. The van der Waals surface area contributed by atoms with Gasteiger partial charge < -0.3 is 5.11 Å². The van der Waals surface area contributed by atoms with Gasteiger partial charge >= 0.3 is 0 Å². The Morgan fingerprint density at radius 1 is 1.47 bits per heavy atom. The average Bonchev–Trinajstić information content (AvgIpc) is 2.71. The first kappa shape index (κ1) is 13.1. The fourth-order valence-electron chi connectivity index (χ4n) is 2.73. The Labute approximate surface area is 111 Å². The Morgan fingerprint density at radius 2 is 2.18 bits per heavy atom. The molecule has 96 valence electrons. The number of halogens is 1. The molecule has 0 aliphatic heterocycles. The summed E-state index contributed by atoms with van der Waals surface area (Å²) < 4.78 is 2.90. The van der Waals surface area contributed by atoms with E-state index < -0.39 is 0 Å². The Hall–Kier alpha value is -0.350. The maximum absolute atomic E-state index is 10.5. The van der Waals surface area contributed by atoms with Gasteiger partial charge in [-0.15, -0.1) is 0 Å². The molecule has 1 aromatic heterocycles. The predicted molar refractivity (Wildman–Crippen MR) is 71.8 cm³/mol. The molecule has 1 unspecified atom stereocenters. The number of hydrogen-bond donors (Lipinski definition) is 1. The smallest absolute Gasteiger partial charge is 0.0996 e. The normalized spacial score (nSPS) is 19.5. The average molecular weight is 301 g/mol. The van der Waals surface area contributed by atoms with Crippen LogP contribution in [0.1, 0.15) is 57.2 Å². The molecule has 0 amide bonds. The third-order valence-electron chi connectivity index (χ3n) is 3.65. The molecule has 17 heavy (non-hydrogen) atoms. The first-order valence-electron chi connectivity index (χ1n) is 6.63. The number of rotatable bonds is 4. The number of aliphatic hydroxyl groups excluding tert-OH is 1. The summed E-state index contributed by atoms with van der Waals surface area (Å²) in [4.78, 5) is 0. The molecule has 1 N–H and O–H groups in total. The molecule has 0 bridgehead atoms. The highest BCUT2D eigenvalue weighted by Crippen LogP contribution is 2.36. The van der Waals surface area contributed by atoms with Crippen LogP contribution in [0.3, 0.4) is 0 Å². The van der Waals surface area contributed by atoms with Gasteiger partial charge in [0.1, 0.15) is 0 Å². The number of aromatic nitrogens is 2. The minimum Gasteiger partial charge on any atom is -0.386 e. The number of hydrogen-bond acceptors (Lipinski definition) is 2. The molecular weight excluding hydrogens is 280 g/mol. The van der Waals surface area contributed by atoms with Gasteiger partial charge in [-0.1, -0.05) is 26.2 Å². The lowest BCUT2D eigenvalue weighted by Crippen LogP contribution is -2.20. The van der Waals surface area contributed by atoms with Crippen LogP contribution < -0.4 is 0 Å². The fourth-order valence-corrected chi connectivity index (χ4v) is 3.26. The maximum atomic E-state index is 10.5. The van der Waals surface area contributed by atoms with Gasteiger partial charge in [-0.2, -0.15) is 5.10 Å². The van der Waals surface area contributed by atoms with E-state index in [4.69, 9.17) is 0 Å². The van der Waals surface area contributed by atoms with Crippen molar-refractivity contribution in [3.63, 3.8) is 0 Å². The first-order valence-corrected chi connectivity index (χ1v) is 7.42. The fraction of sp³-hybridized carbons (Fsp3) is 0.769. The predicted octanol–water partition coefficient (Wildman–Crippen LogP) is 3.67. The van der Waals surface area contributed by atoms with Crippen molar-refractivity contribution < 1.29 is 5.11 Å². The van der Waals surface area contributed by atoms with E-state index >= 15 is 0 Å². The summed E-state index contributed by atoms with van der Waals surface area (Å²) >= 11 is 3.51. The van der Waals surface area contributed by atoms with Gasteiger partial charge in [0.05, 0.1) is 22.5 Å². The number of aliphatic hydroxyl groups is 1. The van der Waals surface area contributed by atoms with Gasteiger partial charge in [0.15, 0.2) is 0 Å². The van der Waals surface area contributed by atoms with Crippen molar-refractivity contribution in [1.29, 1.82) is 0 Å². The van der Waals surface area contributed by atoms with Gasteiger partial charge in [0.2, 0.25) is 0 Å². The Balaban J connectivity index is 2.16. The number of nitrogens with zero attached hydrogens (tertiary/aromatic N) is 2. The molecule has 2 rings (SSSR count). The van der Waals surface area contributed by atoms with E-state index in [1.807, 2.05) is 4.68 Å². The van der Waals surface area contributed by atoms with Crippen LogP contribution in [0.4, 0.5) is 0 Å². The maximum Gasteiger partial charge on any atom is 0.0996 e. The molecule has 0 spiro atoms. The van der Waals surface area contributed by atoms with Crippen molar-refractivity contribution in [2.75, 3.05) is 0 Å². The van der Waals surface area contributed by atoms with E-state index in [9.17, 15) is 5.11 Å². The van der Waals surface area contributed by atoms with Crippen molar-refractivity contribution in [2.24, 2.45) is 5.92 Å². The largest absolute Gasteiger partial charge is 0.386 e. The van der Waals surface area contributed by atoms with Crippen LogP contribution in [0, 0.1) is 5.92 Å². The van der Waals surface area contributed by atoms with Crippen molar-refractivity contribution in [1.82, 2.24) is 9.78 Å². The summed E-state index contributed by atoms with van der Waals surface area (Å²) in [6, 6.07) is 0. The molecule has 1 aliphatic carbocycles. The van der Waals surface area contributed by atoms with Crippen molar-refractivity contribution in [3.05, 3.63) is 16.4 Å². The summed E-state index contributed by atoms with van der Waals surface area (Å²) in [6.45, 7) is 3.01. The van der Waals surface area contributed by atoms with Gasteiger partial charge in [0, 0.05) is 6.54 Å². The lowest BCUT2D eigenvalue weighted by Gasteiger charge is -2.27. The minimum atomic E-state index is -0.362. The van der Waals surface area contributed by atoms with Gasteiger partial charge in [-0.05, 0) is 41.1 Å². The quantitative estimate of drug-likeness (QED) is 0.921. The minimum absolute atomic E-state index is 0.362. The van der Waals surface area contributed by atoms with Crippen LogP contribution in [0.25, 0.3) is 0 Å². The molecule has 3 nitrogen and oxygen atoms in total. The summed E-state index contributed by atoms with van der Waals surface area (Å²) in [7, 11) is 0. The van der Waals surface area contributed by atoms with E-state index in [1.54, 1.807) is 6.20 Å². The second-order valence-corrected chi connectivity index (χ2v) is 5.80. The topological polar surface area (TPSA) is 38.0 Å². The SMILES string of the molecule is CCCn1ncc(Br)c1C(O)C1CCCCC1. The molecule has 0 saturated heterocycles. The molecule has 1 saturated carbocycles. The summed E-state index contributed by atoms with van der Waals surface area (Å²) in [5.41, 5.74) is 0.971. The van der Waals surface area contributed by atoms with Crippen LogP contribution >= 0.6 is 15.9 Å². The Kier molecular flexibility index (Phi) is 4.62. The lowest BCUT2D eigenvalue weighted by atomic mass is 9.84. The van der Waals surface area contributed by atoms with Crippen molar-refractivity contribution in [3.8, 4) is 0 Å². The van der Waals surface area contributed by atoms with E-state index in [0.29, 0.717) is 5.92 Å². The zero-order valence-corrected chi connectivity index (χ0v) is 12.0. The highest BCUT2D eigenvalue weighted by Gasteiger charge is 2.27. The summed E-state index contributed by atoms with van der Waals surface area (Å²) in [5, 5.41) is 14.9. The summed E-state index contributed by atoms with van der Waals surface area (Å²) in [6.07, 6.45) is 8.59. The van der Waals surface area contributed by atoms with Gasteiger partial charge in [-0.25, -0.2) is 0 Å². The van der Waals surface area contributed by atoms with Crippen molar-refractivity contribution >= 4 is 15.9 Å². The van der Waals surface area contributed by atoms with Gasteiger partial charge in [0.25, 0.3) is 0 Å². The highest BCUT2D eigenvalue weighted by atomic mass is 79.9. The van der Waals surface area contributed by atoms with Crippen LogP contribution in [0.15, 0.2) is 10.7 Å². The van der Waals surface area contributed by atoms with Crippen LogP contribution in [0.5, 0.6) is 0 Å². The summed E-state index contributed by atoms with van der Waals surface area (Å²) in [5.74, 6) is 0.410. The van der Waals surface area contributed by atoms with Crippen LogP contribution in [0.2, 0.25) is 0 Å². The van der Waals surface area contributed by atoms with Crippen LogP contribution in [-0.2, 0) is 6.54 Å². The standard InChI is InChI=1S/C13H21BrN2O/c1-2-8-16-12(11(14)9-15-16)13(17)10-6-4-3-5-7-10/h9-10,13,17H,2-8H2,1H3. The van der Waals surface area contributed by atoms with E-state index in [-0.39, 0.29) is 6.10 Å². The Bertz CT molecular complexity index is 358. The zero-order chi connectivity index (χ0) is 12.3. The van der Waals surface area contributed by atoms with E-state index in [1.165, 1.54) is 19.3 Å². The molecule has 4 heteroatoms. The third-order valence-corrected chi connectivity index (χ3v) is 4.26. The monoisotopic (exact) mass is 300 g/mol. The molecule has 1 aliphatic rings. The zero-order valence-electron chi connectivity index (χ0n) is 10.4. The molecule has 0 radical (unpaired) electrons. The first-order chi connectivity index (χ1) is 8.24. The van der Waals surface area contributed by atoms with E-state index in [2.05, 4.69) is 28.0 Å². The third kappa shape index (κ3) is 2.91. The highest BCUT2D eigenvalue weighted by molar-refractivity contribution is 9.10. The molecule has 1 atom stereocenters.